The second kappa shape index (κ2) is 16.3. The number of esters is 1. The van der Waals surface area contributed by atoms with Crippen LogP contribution in [0.25, 0.3) is 11.0 Å². The number of hydrogen-bond donors (Lipinski definition) is 2. The third-order valence-corrected chi connectivity index (χ3v) is 11.3. The number of carbonyl (C=O) groups is 4. The van der Waals surface area contributed by atoms with E-state index in [1.165, 1.54) is 4.90 Å². The smallest absolute Gasteiger partial charge is 0.313 e. The zero-order chi connectivity index (χ0) is 37.9. The molecule has 3 aliphatic heterocycles. The first-order valence-electron chi connectivity index (χ1n) is 18.1. The summed E-state index contributed by atoms with van der Waals surface area (Å²) in [6.07, 6.45) is 3.09. The molecule has 3 aliphatic rings. The summed E-state index contributed by atoms with van der Waals surface area (Å²) in [4.78, 5) is 59.5. The lowest BCUT2D eigenvalue weighted by atomic mass is 9.70. The van der Waals surface area contributed by atoms with E-state index in [0.29, 0.717) is 23.9 Å². The van der Waals surface area contributed by atoms with Gasteiger partial charge in [0.2, 0.25) is 17.7 Å². The molecule has 13 nitrogen and oxygen atoms in total. The largest absolute Gasteiger partial charge is 0.455 e. The van der Waals surface area contributed by atoms with Crippen LogP contribution in [0.15, 0.2) is 79.9 Å². The number of aliphatic hydroxyl groups excluding tert-OH is 1. The van der Waals surface area contributed by atoms with E-state index in [2.05, 4.69) is 44.7 Å². The number of aliphatic hydroxyl groups is 1. The molecule has 3 saturated heterocycles. The summed E-state index contributed by atoms with van der Waals surface area (Å²) >= 11 is 3.73. The van der Waals surface area contributed by atoms with Crippen LogP contribution in [0.3, 0.4) is 0 Å². The number of aromatic nitrogens is 3. The van der Waals surface area contributed by atoms with Crippen LogP contribution >= 0.6 is 15.9 Å². The van der Waals surface area contributed by atoms with Crippen molar-refractivity contribution in [1.29, 1.82) is 0 Å². The van der Waals surface area contributed by atoms with Crippen molar-refractivity contribution in [3.8, 4) is 0 Å². The number of halogens is 1. The molecule has 2 bridgehead atoms. The van der Waals surface area contributed by atoms with E-state index >= 15 is 4.79 Å². The molecule has 14 heteroatoms. The monoisotopic (exact) mass is 790 g/mol. The van der Waals surface area contributed by atoms with E-state index in [1.54, 1.807) is 33.9 Å². The molecule has 6 rings (SSSR count). The zero-order valence-corrected chi connectivity index (χ0v) is 31.6. The SMILES string of the molecule is C=CCCC(=O)NC[C@@H](OC(=O)[C@H]1[C@@H]2O[C@@]3(CC2Br)[C@@H]1C(=O)N([C@@H](CO)CC(C)C)[C@@H]3C(=O)N(CC=C)Cn1nnc2ccccc21)c1ccccc1. The average Bonchev–Trinajstić information content (AvgIpc) is 3.88. The Bertz CT molecular complexity index is 1840. The predicted octanol–water partition coefficient (Wildman–Crippen LogP) is 3.93. The Morgan fingerprint density at radius 2 is 1.89 bits per heavy atom. The summed E-state index contributed by atoms with van der Waals surface area (Å²) in [5, 5.41) is 22.1. The van der Waals surface area contributed by atoms with Gasteiger partial charge in [-0.3, -0.25) is 19.2 Å². The predicted molar refractivity (Wildman–Crippen MR) is 200 cm³/mol. The van der Waals surface area contributed by atoms with Crippen molar-refractivity contribution in [1.82, 2.24) is 30.1 Å². The van der Waals surface area contributed by atoms with Crippen LogP contribution in [0.5, 0.6) is 0 Å². The number of alkyl halides is 1. The first-order valence-corrected chi connectivity index (χ1v) is 19.0. The van der Waals surface area contributed by atoms with Crippen LogP contribution in [0.4, 0.5) is 0 Å². The van der Waals surface area contributed by atoms with Crippen molar-refractivity contribution >= 4 is 50.7 Å². The lowest BCUT2D eigenvalue weighted by Gasteiger charge is -2.39. The molecule has 0 saturated carbocycles. The quantitative estimate of drug-likeness (QED) is 0.118. The third kappa shape index (κ3) is 7.41. The number of carbonyl (C=O) groups excluding carboxylic acids is 4. The van der Waals surface area contributed by atoms with Gasteiger partial charge in [-0.25, -0.2) is 4.68 Å². The van der Waals surface area contributed by atoms with Crippen molar-refractivity contribution in [3.05, 3.63) is 85.5 Å². The van der Waals surface area contributed by atoms with Gasteiger partial charge in [0.25, 0.3) is 0 Å². The summed E-state index contributed by atoms with van der Waals surface area (Å²) < 4.78 is 14.6. The number of ether oxygens (including phenoxy) is 2. The van der Waals surface area contributed by atoms with Crippen LogP contribution in [0.2, 0.25) is 0 Å². The molecule has 2 N–H and O–H groups in total. The summed E-state index contributed by atoms with van der Waals surface area (Å²) in [7, 11) is 0. The van der Waals surface area contributed by atoms with Crippen LogP contribution in [0.1, 0.15) is 51.2 Å². The van der Waals surface area contributed by atoms with Crippen molar-refractivity contribution in [3.63, 3.8) is 0 Å². The second-order valence-corrected chi connectivity index (χ2v) is 15.6. The number of nitrogens with zero attached hydrogens (tertiary/aromatic N) is 5. The van der Waals surface area contributed by atoms with E-state index in [4.69, 9.17) is 9.47 Å². The Morgan fingerprint density at radius 1 is 1.15 bits per heavy atom. The molecule has 0 radical (unpaired) electrons. The normalized spacial score (nSPS) is 25.6. The minimum Gasteiger partial charge on any atom is -0.455 e. The first-order chi connectivity index (χ1) is 25.5. The van der Waals surface area contributed by atoms with E-state index in [-0.39, 0.29) is 55.9 Å². The molecular weight excluding hydrogens is 744 g/mol. The molecule has 4 heterocycles. The van der Waals surface area contributed by atoms with Crippen LogP contribution < -0.4 is 5.32 Å². The van der Waals surface area contributed by atoms with Crippen LogP contribution in [-0.4, -0.2) is 102 Å². The van der Waals surface area contributed by atoms with Crippen LogP contribution in [-0.2, 0) is 35.3 Å². The number of nitrogens with one attached hydrogen (secondary N) is 1. The Labute approximate surface area is 317 Å². The van der Waals surface area contributed by atoms with Crippen molar-refractivity contribution in [2.24, 2.45) is 17.8 Å². The van der Waals surface area contributed by atoms with E-state index in [9.17, 15) is 19.5 Å². The maximum atomic E-state index is 15.0. The van der Waals surface area contributed by atoms with Crippen molar-refractivity contribution in [2.45, 2.75) is 80.9 Å². The maximum absolute atomic E-state index is 15.0. The molecule has 8 atom stereocenters. The highest BCUT2D eigenvalue weighted by Crippen LogP contribution is 2.61. The molecule has 3 fully saturated rings. The fourth-order valence-corrected chi connectivity index (χ4v) is 9.14. The molecule has 0 aliphatic carbocycles. The lowest BCUT2D eigenvalue weighted by molar-refractivity contribution is -0.161. The minimum atomic E-state index is -1.40. The Balaban J connectivity index is 1.35. The second-order valence-electron chi connectivity index (χ2n) is 14.4. The van der Waals surface area contributed by atoms with Gasteiger partial charge in [-0.1, -0.05) is 89.6 Å². The third-order valence-electron chi connectivity index (χ3n) is 10.5. The number of hydrogen-bond acceptors (Lipinski definition) is 9. The minimum absolute atomic E-state index is 0.0164. The molecular formula is C39H47BrN6O7. The molecule has 1 aromatic heterocycles. The first kappa shape index (κ1) is 38.3. The summed E-state index contributed by atoms with van der Waals surface area (Å²) in [5.74, 6) is -3.77. The van der Waals surface area contributed by atoms with Gasteiger partial charge in [-0.2, -0.15) is 0 Å². The molecule has 1 spiro atoms. The van der Waals surface area contributed by atoms with Crippen molar-refractivity contribution < 1.29 is 33.8 Å². The molecule has 3 aromatic rings. The Kier molecular flexibility index (Phi) is 11.8. The molecule has 2 aromatic carbocycles. The number of para-hydroxylation sites is 1. The van der Waals surface area contributed by atoms with Crippen LogP contribution in [0, 0.1) is 17.8 Å². The number of allylic oxidation sites excluding steroid dienone is 1. The highest BCUT2D eigenvalue weighted by Gasteiger charge is 2.77. The summed E-state index contributed by atoms with van der Waals surface area (Å²) in [6.45, 7) is 11.3. The van der Waals surface area contributed by atoms with E-state index in [1.807, 2.05) is 56.3 Å². The number of amides is 3. The van der Waals surface area contributed by atoms with Gasteiger partial charge in [0.05, 0.1) is 42.6 Å². The van der Waals surface area contributed by atoms with Gasteiger partial charge in [-0.15, -0.1) is 18.3 Å². The van der Waals surface area contributed by atoms with Gasteiger partial charge in [0.15, 0.2) is 0 Å². The molecule has 53 heavy (non-hydrogen) atoms. The molecule has 1 unspecified atom stereocenters. The Hall–Kier alpha value is -4.40. The highest BCUT2D eigenvalue weighted by molar-refractivity contribution is 9.09. The lowest BCUT2D eigenvalue weighted by Crippen LogP contribution is -2.59. The van der Waals surface area contributed by atoms with E-state index in [0.717, 1.165) is 5.52 Å². The number of fused-ring (bicyclic) bond motifs is 2. The van der Waals surface area contributed by atoms with Gasteiger partial charge in [-0.05, 0) is 42.9 Å². The number of likely N-dealkylation sites (tertiary alicyclic amines) is 1. The standard InChI is InChI=1S/C39H47BrN6O7/c1-5-7-17-31(48)41-21-30(25-13-9-8-10-14-25)52-38(51)32-33-36(49)46(26(22-47)19-24(3)4)35(39(33)20-27(40)34(32)53-39)37(50)44(18-6-2)23-45-29-16-12-11-15-28(29)42-43-45/h5-6,8-16,24,26-27,30,32-35,47H,1-2,7,17-23H2,3-4H3,(H,41,48)/t26-,27?,30-,32-,33+,34-,35-,39+/m1/s1. The Morgan fingerprint density at radius 3 is 2.58 bits per heavy atom. The number of benzene rings is 2. The number of rotatable bonds is 17. The highest BCUT2D eigenvalue weighted by atomic mass is 79.9. The van der Waals surface area contributed by atoms with Gasteiger partial charge in [0.1, 0.15) is 29.9 Å². The zero-order valence-electron chi connectivity index (χ0n) is 30.1. The van der Waals surface area contributed by atoms with Crippen molar-refractivity contribution in [2.75, 3.05) is 19.7 Å². The van der Waals surface area contributed by atoms with Gasteiger partial charge >= 0.3 is 5.97 Å². The fraction of sp³-hybridized carbons (Fsp3) is 0.487. The molecule has 282 valence electrons. The fourth-order valence-electron chi connectivity index (χ4n) is 8.20. The van der Waals surface area contributed by atoms with E-state index < -0.39 is 59.5 Å². The van der Waals surface area contributed by atoms with Gasteiger partial charge in [0, 0.05) is 17.8 Å². The topological polar surface area (TPSA) is 156 Å². The summed E-state index contributed by atoms with van der Waals surface area (Å²) in [6, 6.07) is 14.6. The summed E-state index contributed by atoms with van der Waals surface area (Å²) in [5.41, 5.74) is 0.665. The average molecular weight is 792 g/mol. The maximum Gasteiger partial charge on any atom is 0.313 e. The van der Waals surface area contributed by atoms with Gasteiger partial charge < -0.3 is 29.7 Å². The molecule has 3 amide bonds.